The van der Waals surface area contributed by atoms with Gasteiger partial charge in [0, 0.05) is 57.1 Å². The van der Waals surface area contributed by atoms with Crippen LogP contribution in [0.2, 0.25) is 0 Å². The second-order valence-corrected chi connectivity index (χ2v) is 7.77. The van der Waals surface area contributed by atoms with E-state index in [9.17, 15) is 0 Å². The third-order valence-electron chi connectivity index (χ3n) is 5.80. The third kappa shape index (κ3) is 4.86. The van der Waals surface area contributed by atoms with Crippen molar-refractivity contribution in [2.75, 3.05) is 31.1 Å². The molecule has 0 amide bonds. The van der Waals surface area contributed by atoms with Crippen molar-refractivity contribution in [2.24, 2.45) is 0 Å². The second-order valence-electron chi connectivity index (χ2n) is 7.77. The van der Waals surface area contributed by atoms with Gasteiger partial charge in [-0.3, -0.25) is 4.90 Å². The van der Waals surface area contributed by atoms with Gasteiger partial charge in [0.15, 0.2) is 0 Å². The van der Waals surface area contributed by atoms with Crippen LogP contribution in [0.4, 0.5) is 5.69 Å². The van der Waals surface area contributed by atoms with Crippen LogP contribution in [0.25, 0.3) is 0 Å². The molecule has 1 aliphatic heterocycles. The van der Waals surface area contributed by atoms with Crippen LogP contribution in [0, 0.1) is 13.8 Å². The highest BCUT2D eigenvalue weighted by Crippen LogP contribution is 2.18. The average Bonchev–Trinajstić information content (AvgIpc) is 3.08. The average molecular weight is 391 g/mol. The SMILES string of the molecule is Cc1noc(C)c1CNCc1ccccc1CN1CCN(c2ccccc2)CC1. The minimum atomic E-state index is 0.783. The molecule has 1 saturated heterocycles. The predicted molar refractivity (Wildman–Crippen MR) is 117 cm³/mol. The normalized spacial score (nSPS) is 15.0. The number of rotatable bonds is 7. The molecule has 0 unspecified atom stereocenters. The largest absolute Gasteiger partial charge is 0.369 e. The van der Waals surface area contributed by atoms with Crippen LogP contribution in [0.5, 0.6) is 0 Å². The quantitative estimate of drug-likeness (QED) is 0.663. The van der Waals surface area contributed by atoms with Crippen molar-refractivity contribution in [3.05, 3.63) is 82.7 Å². The molecule has 1 aromatic heterocycles. The number of piperazine rings is 1. The van der Waals surface area contributed by atoms with Gasteiger partial charge < -0.3 is 14.7 Å². The van der Waals surface area contributed by atoms with Gasteiger partial charge in [-0.2, -0.15) is 0 Å². The molecule has 0 saturated carbocycles. The van der Waals surface area contributed by atoms with Crippen molar-refractivity contribution in [2.45, 2.75) is 33.5 Å². The number of hydrogen-bond donors (Lipinski definition) is 1. The lowest BCUT2D eigenvalue weighted by Crippen LogP contribution is -2.46. The molecule has 0 radical (unpaired) electrons. The van der Waals surface area contributed by atoms with Gasteiger partial charge in [-0.25, -0.2) is 0 Å². The molecule has 152 valence electrons. The first kappa shape index (κ1) is 19.7. The summed E-state index contributed by atoms with van der Waals surface area (Å²) < 4.78 is 5.26. The molecule has 4 rings (SSSR count). The maximum atomic E-state index is 5.26. The van der Waals surface area contributed by atoms with Gasteiger partial charge in [-0.05, 0) is 37.1 Å². The highest BCUT2D eigenvalue weighted by molar-refractivity contribution is 5.46. The van der Waals surface area contributed by atoms with Crippen molar-refractivity contribution in [3.63, 3.8) is 0 Å². The fraction of sp³-hybridized carbons (Fsp3) is 0.375. The van der Waals surface area contributed by atoms with Crippen LogP contribution < -0.4 is 10.2 Å². The molecule has 1 aliphatic rings. The van der Waals surface area contributed by atoms with Crippen molar-refractivity contribution < 1.29 is 4.52 Å². The molecule has 2 aromatic carbocycles. The van der Waals surface area contributed by atoms with E-state index in [1.807, 2.05) is 13.8 Å². The molecule has 3 aromatic rings. The van der Waals surface area contributed by atoms with Crippen LogP contribution in [0.1, 0.15) is 28.1 Å². The van der Waals surface area contributed by atoms with Gasteiger partial charge in [0.05, 0.1) is 5.69 Å². The predicted octanol–water partition coefficient (Wildman–Crippen LogP) is 3.90. The molecule has 29 heavy (non-hydrogen) atoms. The van der Waals surface area contributed by atoms with E-state index in [0.29, 0.717) is 0 Å². The Bertz CT molecular complexity index is 894. The molecule has 5 heteroatoms. The van der Waals surface area contributed by atoms with Gasteiger partial charge in [-0.15, -0.1) is 0 Å². The topological polar surface area (TPSA) is 44.5 Å². The summed E-state index contributed by atoms with van der Waals surface area (Å²) in [5.74, 6) is 0.902. The van der Waals surface area contributed by atoms with E-state index < -0.39 is 0 Å². The van der Waals surface area contributed by atoms with Crippen LogP contribution in [-0.4, -0.2) is 36.2 Å². The minimum Gasteiger partial charge on any atom is -0.369 e. The Balaban J connectivity index is 1.32. The van der Waals surface area contributed by atoms with Gasteiger partial charge in [0.2, 0.25) is 0 Å². The zero-order valence-electron chi connectivity index (χ0n) is 17.4. The molecule has 0 aliphatic carbocycles. The highest BCUT2D eigenvalue weighted by atomic mass is 16.5. The number of hydrogen-bond acceptors (Lipinski definition) is 5. The monoisotopic (exact) mass is 390 g/mol. The summed E-state index contributed by atoms with van der Waals surface area (Å²) in [6, 6.07) is 19.5. The van der Waals surface area contributed by atoms with Gasteiger partial charge >= 0.3 is 0 Å². The van der Waals surface area contributed by atoms with E-state index >= 15 is 0 Å². The minimum absolute atomic E-state index is 0.783. The van der Waals surface area contributed by atoms with Crippen LogP contribution in [0.15, 0.2) is 59.1 Å². The molecule has 1 fully saturated rings. The number of aromatic nitrogens is 1. The first-order valence-electron chi connectivity index (χ1n) is 10.4. The number of para-hydroxylation sites is 1. The Morgan fingerprint density at radius 2 is 1.55 bits per heavy atom. The van der Waals surface area contributed by atoms with Crippen molar-refractivity contribution >= 4 is 5.69 Å². The number of aryl methyl sites for hydroxylation is 2. The molecule has 0 atom stereocenters. The summed E-state index contributed by atoms with van der Waals surface area (Å²) in [6.07, 6.45) is 0. The second kappa shape index (κ2) is 9.25. The molecule has 2 heterocycles. The molecule has 5 nitrogen and oxygen atoms in total. The lowest BCUT2D eigenvalue weighted by molar-refractivity contribution is 0.249. The third-order valence-corrected chi connectivity index (χ3v) is 5.80. The fourth-order valence-corrected chi connectivity index (χ4v) is 4.00. The van der Waals surface area contributed by atoms with Crippen molar-refractivity contribution in [3.8, 4) is 0 Å². The zero-order chi connectivity index (χ0) is 20.1. The Kier molecular flexibility index (Phi) is 6.27. The Morgan fingerprint density at radius 1 is 0.862 bits per heavy atom. The fourth-order valence-electron chi connectivity index (χ4n) is 4.00. The van der Waals surface area contributed by atoms with E-state index in [4.69, 9.17) is 4.52 Å². The first-order valence-corrected chi connectivity index (χ1v) is 10.4. The summed E-state index contributed by atoms with van der Waals surface area (Å²) in [6.45, 7) is 11.0. The van der Waals surface area contributed by atoms with E-state index in [1.54, 1.807) is 0 Å². The van der Waals surface area contributed by atoms with Crippen LogP contribution >= 0.6 is 0 Å². The molecule has 1 N–H and O–H groups in total. The molecule has 0 bridgehead atoms. The van der Waals surface area contributed by atoms with Crippen molar-refractivity contribution in [1.82, 2.24) is 15.4 Å². The molecular formula is C24H30N4O. The standard InChI is InChI=1S/C24H30N4O/c1-19-24(20(2)29-26-19)17-25-16-21-8-6-7-9-22(21)18-27-12-14-28(15-13-27)23-10-4-3-5-11-23/h3-11,25H,12-18H2,1-2H3. The number of anilines is 1. The molecule has 0 spiro atoms. The maximum absolute atomic E-state index is 5.26. The molecular weight excluding hydrogens is 360 g/mol. The van der Waals surface area contributed by atoms with E-state index in [1.165, 1.54) is 22.4 Å². The maximum Gasteiger partial charge on any atom is 0.138 e. The van der Waals surface area contributed by atoms with Gasteiger partial charge in [0.1, 0.15) is 5.76 Å². The lowest BCUT2D eigenvalue weighted by Gasteiger charge is -2.36. The van der Waals surface area contributed by atoms with E-state index in [0.717, 1.165) is 57.3 Å². The Morgan fingerprint density at radius 3 is 2.24 bits per heavy atom. The summed E-state index contributed by atoms with van der Waals surface area (Å²) >= 11 is 0. The van der Waals surface area contributed by atoms with E-state index in [2.05, 4.69) is 74.9 Å². The zero-order valence-corrected chi connectivity index (χ0v) is 17.4. The summed E-state index contributed by atoms with van der Waals surface area (Å²) in [5.41, 5.74) is 6.24. The summed E-state index contributed by atoms with van der Waals surface area (Å²) in [5, 5.41) is 7.60. The number of nitrogens with one attached hydrogen (secondary N) is 1. The van der Waals surface area contributed by atoms with Crippen LogP contribution in [-0.2, 0) is 19.6 Å². The van der Waals surface area contributed by atoms with Crippen molar-refractivity contribution in [1.29, 1.82) is 0 Å². The van der Waals surface area contributed by atoms with E-state index in [-0.39, 0.29) is 0 Å². The Labute approximate surface area is 173 Å². The van der Waals surface area contributed by atoms with Gasteiger partial charge in [-0.1, -0.05) is 47.6 Å². The summed E-state index contributed by atoms with van der Waals surface area (Å²) in [4.78, 5) is 5.04. The number of benzene rings is 2. The van der Waals surface area contributed by atoms with Crippen LogP contribution in [0.3, 0.4) is 0 Å². The summed E-state index contributed by atoms with van der Waals surface area (Å²) in [7, 11) is 0. The Hall–Kier alpha value is -2.63. The number of nitrogens with zero attached hydrogens (tertiary/aromatic N) is 3. The smallest absolute Gasteiger partial charge is 0.138 e. The highest BCUT2D eigenvalue weighted by Gasteiger charge is 2.18. The lowest BCUT2D eigenvalue weighted by atomic mass is 10.1. The first-order chi connectivity index (χ1) is 14.2. The van der Waals surface area contributed by atoms with Gasteiger partial charge in [0.25, 0.3) is 0 Å².